The summed E-state index contributed by atoms with van der Waals surface area (Å²) in [5, 5.41) is 65.9. The number of carboxylic acids is 2. The van der Waals surface area contributed by atoms with Gasteiger partial charge < -0.3 is 90.6 Å². The van der Waals surface area contributed by atoms with Crippen molar-refractivity contribution in [2.75, 3.05) is 38.2 Å². The highest BCUT2D eigenvalue weighted by atomic mass is 32.2. The summed E-state index contributed by atoms with van der Waals surface area (Å²) in [6, 6.07) is -13.9. The average Bonchev–Trinajstić information content (AvgIpc) is 3.81. The van der Waals surface area contributed by atoms with Gasteiger partial charge in [-0.1, -0.05) is 0 Å². The van der Waals surface area contributed by atoms with Crippen LogP contribution in [0.25, 0.3) is 0 Å². The summed E-state index contributed by atoms with van der Waals surface area (Å²) in [7, 11) is 0. The Labute approximate surface area is 415 Å². The molecule has 1 aliphatic rings. The average molecular weight is 1040 g/mol. The number of thioether (sulfide) groups is 1. The topological polar surface area (TPSA) is 480 Å². The van der Waals surface area contributed by atoms with Gasteiger partial charge in [0.1, 0.15) is 54.4 Å². The molecule has 0 aliphatic carbocycles. The Morgan fingerprint density at radius 3 is 1.61 bits per heavy atom. The Hall–Kier alpha value is -5.72. The van der Waals surface area contributed by atoms with Gasteiger partial charge in [0.2, 0.25) is 53.2 Å². The second-order valence-corrected chi connectivity index (χ2v) is 18.0. The zero-order chi connectivity index (χ0) is 54.0. The number of rotatable bonds is 35. The molecule has 1 saturated heterocycles. The van der Waals surface area contributed by atoms with E-state index in [0.717, 1.165) is 11.8 Å². The highest BCUT2D eigenvalue weighted by molar-refractivity contribution is 7.98. The molecule has 20 N–H and O–H groups in total. The number of unbranched alkanes of at least 4 members (excludes halogenated alkanes) is 2. The summed E-state index contributed by atoms with van der Waals surface area (Å²) in [5.41, 5.74) is 22.1. The molecule has 11 atom stereocenters. The maximum absolute atomic E-state index is 13.9. The molecule has 1 rings (SSSR count). The molecule has 1 fully saturated rings. The lowest BCUT2D eigenvalue weighted by Crippen LogP contribution is -2.61. The van der Waals surface area contributed by atoms with Crippen LogP contribution in [0.1, 0.15) is 90.9 Å². The van der Waals surface area contributed by atoms with Crippen LogP contribution in [0.2, 0.25) is 0 Å². The summed E-state index contributed by atoms with van der Waals surface area (Å²) >= 11 is 1.27. The second kappa shape index (κ2) is 33.0. The normalized spacial score (nSPS) is 17.5. The third-order valence-corrected chi connectivity index (χ3v) is 11.9. The van der Waals surface area contributed by atoms with E-state index in [1.807, 2.05) is 0 Å². The van der Waals surface area contributed by atoms with Crippen molar-refractivity contribution >= 4 is 76.9 Å². The lowest BCUT2D eigenvalue weighted by atomic mass is 10.1. The van der Waals surface area contributed by atoms with E-state index in [1.165, 1.54) is 18.7 Å². The number of nitrogens with two attached hydrogens (primary N) is 4. The zero-order valence-corrected chi connectivity index (χ0v) is 41.1. The van der Waals surface area contributed by atoms with Crippen molar-refractivity contribution in [2.45, 2.75) is 157 Å². The van der Waals surface area contributed by atoms with Crippen molar-refractivity contribution in [1.82, 2.24) is 42.1 Å². The lowest BCUT2D eigenvalue weighted by Gasteiger charge is -2.31. The van der Waals surface area contributed by atoms with E-state index >= 15 is 0 Å². The van der Waals surface area contributed by atoms with Crippen molar-refractivity contribution in [3.05, 3.63) is 0 Å². The molecule has 0 aromatic heterocycles. The number of hydrogen-bond acceptors (Lipinski definition) is 18. The first-order valence-corrected chi connectivity index (χ1v) is 24.6. The monoisotopic (exact) mass is 1030 g/mol. The molecule has 0 unspecified atom stereocenters. The number of hydrogen-bond donors (Lipinski definition) is 16. The van der Waals surface area contributed by atoms with Crippen LogP contribution in [0.3, 0.4) is 0 Å². The minimum atomic E-state index is -1.86. The van der Waals surface area contributed by atoms with Crippen molar-refractivity contribution < 1.29 is 78.3 Å². The van der Waals surface area contributed by atoms with Gasteiger partial charge in [0.25, 0.3) is 0 Å². The van der Waals surface area contributed by atoms with Gasteiger partial charge in [0, 0.05) is 13.0 Å². The lowest BCUT2D eigenvalue weighted by molar-refractivity contribution is -0.146. The summed E-state index contributed by atoms with van der Waals surface area (Å²) < 4.78 is 0. The molecule has 1 heterocycles. The molecule has 0 bridgehead atoms. The molecule has 9 amide bonds. The van der Waals surface area contributed by atoms with Gasteiger partial charge in [-0.15, -0.1) is 0 Å². The molecule has 404 valence electrons. The molecule has 1 aliphatic heterocycles. The Bertz CT molecular complexity index is 1830. The van der Waals surface area contributed by atoms with Gasteiger partial charge in [-0.25, -0.2) is 4.79 Å². The molecular formula is C42H74N12O16S. The van der Waals surface area contributed by atoms with Crippen molar-refractivity contribution in [1.29, 1.82) is 0 Å². The number of carboxylic acid groups (broad SMARTS) is 2. The van der Waals surface area contributed by atoms with Gasteiger partial charge in [-0.3, -0.25) is 47.9 Å². The van der Waals surface area contributed by atoms with Crippen LogP contribution < -0.4 is 60.2 Å². The minimum Gasteiger partial charge on any atom is -0.481 e. The summed E-state index contributed by atoms with van der Waals surface area (Å²) in [4.78, 5) is 145. The third-order valence-electron chi connectivity index (χ3n) is 11.2. The molecule has 28 nitrogen and oxygen atoms in total. The molecule has 0 radical (unpaired) electrons. The molecular weight excluding hydrogens is 961 g/mol. The first-order valence-electron chi connectivity index (χ1n) is 23.2. The largest absolute Gasteiger partial charge is 0.481 e. The van der Waals surface area contributed by atoms with E-state index in [4.69, 9.17) is 22.9 Å². The van der Waals surface area contributed by atoms with Crippen LogP contribution in [-0.4, -0.2) is 200 Å². The summed E-state index contributed by atoms with van der Waals surface area (Å²) in [6.45, 7) is 1.75. The predicted molar refractivity (Wildman–Crippen MR) is 254 cm³/mol. The Kier molecular flexibility index (Phi) is 29.4. The van der Waals surface area contributed by atoms with Crippen molar-refractivity contribution in [3.8, 4) is 0 Å². The Balaban J connectivity index is 3.35. The van der Waals surface area contributed by atoms with E-state index in [0.29, 0.717) is 32.2 Å². The van der Waals surface area contributed by atoms with Crippen LogP contribution in [-0.2, 0) is 52.7 Å². The number of carbonyl (C=O) groups excluding carboxylic acids is 9. The number of aliphatic hydroxyl groups is 3. The van der Waals surface area contributed by atoms with Crippen molar-refractivity contribution in [2.24, 2.45) is 22.9 Å². The summed E-state index contributed by atoms with van der Waals surface area (Å²) in [6.07, 6.45) is -1.33. The molecule has 29 heteroatoms. The number of likely N-dealkylation sites (tertiary alicyclic amines) is 1. The quantitative estimate of drug-likeness (QED) is 0.0262. The first kappa shape index (κ1) is 63.3. The number of carbonyl (C=O) groups is 11. The standard InChI is InChI=1S/C42H74N12O16S/c1-21(56)32(46)39(66)53-33(22(2)57)40(67)51-27(19-31(59)60)41(68)54-17-8-11-29(54)38(65)49-24(12-13-30(45)58)35(62)48-25(14-18-71-3)36(63)52-28(20-55)37(64)47-23(9-4-6-15-43)34(61)50-26(42(69)70)10-5-7-16-44/h21-29,32-33,55-57H,4-20,43-44,46H2,1-3H3,(H2,45,58)(H,47,64)(H,48,62)(H,49,65)(H,50,61)(H,51,67)(H,52,63)(H,53,66)(H,59,60)(H,69,70)/t21-,22-,23+,24+,25+,26+,27+,28+,29+,32+,33+/m1/s1. The second-order valence-electron chi connectivity index (χ2n) is 17.0. The maximum Gasteiger partial charge on any atom is 0.326 e. The Morgan fingerprint density at radius 2 is 1.13 bits per heavy atom. The van der Waals surface area contributed by atoms with Crippen molar-refractivity contribution in [3.63, 3.8) is 0 Å². The number of aliphatic hydroxyl groups excluding tert-OH is 3. The van der Waals surface area contributed by atoms with Crippen LogP contribution >= 0.6 is 11.8 Å². The van der Waals surface area contributed by atoms with Gasteiger partial charge in [0.15, 0.2) is 0 Å². The van der Waals surface area contributed by atoms with Gasteiger partial charge in [-0.05, 0) is 103 Å². The number of amides is 9. The molecule has 0 spiro atoms. The Morgan fingerprint density at radius 1 is 0.634 bits per heavy atom. The number of nitrogens with zero attached hydrogens (tertiary/aromatic N) is 1. The van der Waals surface area contributed by atoms with E-state index in [9.17, 15) is 78.3 Å². The molecule has 71 heavy (non-hydrogen) atoms. The van der Waals surface area contributed by atoms with Crippen LogP contribution in [0.4, 0.5) is 0 Å². The fraction of sp³-hybridized carbons (Fsp3) is 0.738. The van der Waals surface area contributed by atoms with E-state index in [2.05, 4.69) is 37.2 Å². The third kappa shape index (κ3) is 22.5. The van der Waals surface area contributed by atoms with E-state index in [-0.39, 0.29) is 50.9 Å². The van der Waals surface area contributed by atoms with Gasteiger partial charge >= 0.3 is 11.9 Å². The first-order chi connectivity index (χ1) is 33.4. The van der Waals surface area contributed by atoms with E-state index in [1.54, 1.807) is 6.26 Å². The fourth-order valence-electron chi connectivity index (χ4n) is 7.14. The molecule has 0 saturated carbocycles. The van der Waals surface area contributed by atoms with E-state index < -0.39 is 158 Å². The van der Waals surface area contributed by atoms with Crippen LogP contribution in [0.15, 0.2) is 0 Å². The van der Waals surface area contributed by atoms with Crippen LogP contribution in [0.5, 0.6) is 0 Å². The van der Waals surface area contributed by atoms with Crippen LogP contribution in [0, 0.1) is 0 Å². The summed E-state index contributed by atoms with van der Waals surface area (Å²) in [5.74, 6) is -11.6. The van der Waals surface area contributed by atoms with Gasteiger partial charge in [0.05, 0.1) is 25.2 Å². The highest BCUT2D eigenvalue weighted by Gasteiger charge is 2.41. The number of nitrogens with one attached hydrogen (secondary N) is 7. The van der Waals surface area contributed by atoms with Gasteiger partial charge in [-0.2, -0.15) is 11.8 Å². The highest BCUT2D eigenvalue weighted by Crippen LogP contribution is 2.20. The smallest absolute Gasteiger partial charge is 0.326 e. The zero-order valence-electron chi connectivity index (χ0n) is 40.3. The number of aliphatic carboxylic acids is 2. The minimum absolute atomic E-state index is 0.0144. The predicted octanol–water partition coefficient (Wildman–Crippen LogP) is -6.71. The fourth-order valence-corrected chi connectivity index (χ4v) is 7.61. The maximum atomic E-state index is 13.9. The molecule has 0 aromatic carbocycles. The molecule has 0 aromatic rings. The number of primary amides is 1. The SMILES string of the molecule is CSCC[C@H](NC(=O)[C@H](CCC(N)=O)NC(=O)[C@@H]1CCCN1C(=O)[C@H](CC(=O)O)NC(=O)[C@@H](NC(=O)[C@@H](N)[C@@H](C)O)[C@@H](C)O)C(=O)N[C@@H](CO)C(=O)N[C@@H](CCCCN)C(=O)N[C@@H](CCCCN)C(=O)O.